The lowest BCUT2D eigenvalue weighted by molar-refractivity contribution is -0.147. The lowest BCUT2D eigenvalue weighted by Gasteiger charge is -2.39. The van der Waals surface area contributed by atoms with Crippen LogP contribution in [0.15, 0.2) is 42.6 Å². The van der Waals surface area contributed by atoms with Gasteiger partial charge in [0.05, 0.1) is 18.7 Å². The number of piperidine rings is 1. The molecule has 0 aliphatic carbocycles. The number of para-hydroxylation sites is 1. The minimum atomic E-state index is -0.986. The largest absolute Gasteiger partial charge is 0.466 e. The molecule has 0 spiro atoms. The number of ketones is 1. The molecule has 3 heterocycles. The minimum Gasteiger partial charge on any atom is -0.466 e. The first-order chi connectivity index (χ1) is 22.2. The maximum absolute atomic E-state index is 14.1. The van der Waals surface area contributed by atoms with Gasteiger partial charge in [0.25, 0.3) is 0 Å². The highest BCUT2D eigenvalue weighted by Crippen LogP contribution is 2.27. The number of aromatic nitrogens is 1. The van der Waals surface area contributed by atoms with Crippen molar-refractivity contribution < 1.29 is 33.5 Å². The number of benzene rings is 1. The van der Waals surface area contributed by atoms with Crippen LogP contribution in [0, 0.1) is 11.8 Å². The molecule has 0 radical (unpaired) electrons. The van der Waals surface area contributed by atoms with Gasteiger partial charge in [-0.25, -0.2) is 4.79 Å². The quantitative estimate of drug-likeness (QED) is 0.219. The highest BCUT2D eigenvalue weighted by atomic mass is 16.6. The Bertz CT molecular complexity index is 1430. The van der Waals surface area contributed by atoms with Crippen molar-refractivity contribution >= 4 is 40.4 Å². The van der Waals surface area contributed by atoms with E-state index in [4.69, 9.17) is 4.84 Å². The maximum atomic E-state index is 14.1. The number of rotatable bonds is 11. The molecule has 0 saturated carbocycles. The van der Waals surface area contributed by atoms with Gasteiger partial charge in [-0.2, -0.15) is 4.73 Å². The zero-order valence-corrected chi connectivity index (χ0v) is 27.5. The van der Waals surface area contributed by atoms with E-state index in [9.17, 15) is 24.0 Å². The molecule has 46 heavy (non-hydrogen) atoms. The summed E-state index contributed by atoms with van der Waals surface area (Å²) < 4.78 is 6.25. The smallest absolute Gasteiger partial charge is 0.330 e. The monoisotopic (exact) mass is 636 g/mol. The van der Waals surface area contributed by atoms with E-state index < -0.39 is 35.9 Å². The Kier molecular flexibility index (Phi) is 12.4. The van der Waals surface area contributed by atoms with E-state index in [0.717, 1.165) is 29.3 Å². The molecule has 4 rings (SSSR count). The molecule has 1 aromatic heterocycles. The second-order valence-electron chi connectivity index (χ2n) is 12.4. The van der Waals surface area contributed by atoms with E-state index in [1.807, 2.05) is 38.1 Å². The normalized spacial score (nSPS) is 23.7. The van der Waals surface area contributed by atoms with Gasteiger partial charge in [-0.1, -0.05) is 51.0 Å². The highest BCUT2D eigenvalue weighted by molar-refractivity contribution is 5.98. The number of fused-ring (bicyclic) bond motifs is 2. The second-order valence-corrected chi connectivity index (χ2v) is 12.4. The Labute approximate surface area is 271 Å². The Hall–Kier alpha value is -4.15. The lowest BCUT2D eigenvalue weighted by atomic mass is 9.87. The van der Waals surface area contributed by atoms with E-state index in [1.54, 1.807) is 29.0 Å². The van der Waals surface area contributed by atoms with E-state index in [1.165, 1.54) is 13.2 Å². The number of esters is 1. The molecule has 3 amide bonds. The number of hydrogen-bond donors (Lipinski definition) is 2. The standard InChI is InChI=1S/C35H48N4O7/c1-5-23(2)32-35(44)38-19-13-12-17-29(38)30(40)21-24(14-8-6-7-9-18-31(41)45-3)33(42)36-27(34(43)37-32)20-25-22-39(46-4)28-16-11-10-15-26(25)28/h9-11,15-16,18,22-24,27,29,32H,5-8,12-14,17,19-21H2,1-4H3,(H,36,42)(H,37,43)/b18-9+/t23?,24-,27+,29-,32+/m1/s1. The van der Waals surface area contributed by atoms with Crippen molar-refractivity contribution in [3.8, 4) is 0 Å². The summed E-state index contributed by atoms with van der Waals surface area (Å²) in [7, 11) is 2.88. The molecular weight excluding hydrogens is 588 g/mol. The SMILES string of the molecule is CCC(C)[C@@H]1NC(=O)[C@H](Cc2cn(OC)c3ccccc23)NC(=O)[C@H](CCCC/C=C/C(=O)OC)CC(=O)[C@H]2CCCCN2C1=O. The summed E-state index contributed by atoms with van der Waals surface area (Å²) in [5.41, 5.74) is 1.63. The van der Waals surface area contributed by atoms with Crippen LogP contribution in [0.4, 0.5) is 0 Å². The van der Waals surface area contributed by atoms with Crippen LogP contribution in [0.3, 0.4) is 0 Å². The minimum absolute atomic E-state index is 0.0103. The number of amides is 3. The summed E-state index contributed by atoms with van der Waals surface area (Å²) in [4.78, 5) is 74.5. The van der Waals surface area contributed by atoms with Crippen LogP contribution in [0.1, 0.15) is 77.2 Å². The zero-order valence-electron chi connectivity index (χ0n) is 27.5. The van der Waals surface area contributed by atoms with Crippen molar-refractivity contribution in [2.24, 2.45) is 11.8 Å². The van der Waals surface area contributed by atoms with Crippen LogP contribution < -0.4 is 15.5 Å². The first kappa shape index (κ1) is 34.7. The second kappa shape index (κ2) is 16.4. The number of Topliss-reactive ketones (excluding diaryl/α,β-unsaturated/α-hetero) is 1. The van der Waals surface area contributed by atoms with Crippen LogP contribution in [0.2, 0.25) is 0 Å². The molecule has 250 valence electrons. The molecule has 1 unspecified atom stereocenters. The summed E-state index contributed by atoms with van der Waals surface area (Å²) in [6.45, 7) is 4.33. The number of carbonyl (C=O) groups is 5. The number of carbonyl (C=O) groups excluding carboxylic acids is 5. The summed E-state index contributed by atoms with van der Waals surface area (Å²) in [5.74, 6) is -2.42. The van der Waals surface area contributed by atoms with Gasteiger partial charge < -0.3 is 25.1 Å². The number of ether oxygens (including phenoxy) is 1. The van der Waals surface area contributed by atoms with Crippen molar-refractivity contribution in [1.29, 1.82) is 0 Å². The fourth-order valence-corrected chi connectivity index (χ4v) is 6.50. The summed E-state index contributed by atoms with van der Waals surface area (Å²) in [5, 5.41) is 6.86. The first-order valence-corrected chi connectivity index (χ1v) is 16.5. The summed E-state index contributed by atoms with van der Waals surface area (Å²) in [6, 6.07) is 5.23. The van der Waals surface area contributed by atoms with Crippen LogP contribution in [-0.2, 0) is 35.1 Å². The van der Waals surface area contributed by atoms with E-state index in [2.05, 4.69) is 15.4 Å². The summed E-state index contributed by atoms with van der Waals surface area (Å²) >= 11 is 0. The molecule has 5 atom stereocenters. The number of methoxy groups -OCH3 is 1. The van der Waals surface area contributed by atoms with Crippen LogP contribution in [0.5, 0.6) is 0 Å². The molecule has 2 saturated heterocycles. The fourth-order valence-electron chi connectivity index (χ4n) is 6.50. The summed E-state index contributed by atoms with van der Waals surface area (Å²) in [6.07, 6.45) is 10.3. The number of allylic oxidation sites excluding steroid dienone is 1. The average Bonchev–Trinajstić information content (AvgIpc) is 3.43. The first-order valence-electron chi connectivity index (χ1n) is 16.5. The molecule has 2 aliphatic rings. The average molecular weight is 637 g/mol. The van der Waals surface area contributed by atoms with Gasteiger partial charge in [0.1, 0.15) is 19.2 Å². The Morgan fingerprint density at radius 3 is 2.59 bits per heavy atom. The molecule has 2 fully saturated rings. The predicted molar refractivity (Wildman–Crippen MR) is 174 cm³/mol. The fraction of sp³-hybridized carbons (Fsp3) is 0.571. The number of nitrogens with zero attached hydrogens (tertiary/aromatic N) is 2. The van der Waals surface area contributed by atoms with Gasteiger partial charge in [-0.15, -0.1) is 0 Å². The van der Waals surface area contributed by atoms with E-state index in [-0.39, 0.29) is 36.4 Å². The molecule has 2 N–H and O–H groups in total. The number of nitrogens with one attached hydrogen (secondary N) is 2. The van der Waals surface area contributed by atoms with Gasteiger partial charge in [0, 0.05) is 43.0 Å². The van der Waals surface area contributed by atoms with Gasteiger partial charge in [-0.05, 0) is 56.1 Å². The Morgan fingerprint density at radius 1 is 1.07 bits per heavy atom. The number of hydrogen-bond acceptors (Lipinski definition) is 7. The van der Waals surface area contributed by atoms with Crippen molar-refractivity contribution in [3.05, 3.63) is 48.2 Å². The number of unbranched alkanes of at least 4 members (excludes halogenated alkanes) is 2. The predicted octanol–water partition coefficient (Wildman–Crippen LogP) is 3.52. The van der Waals surface area contributed by atoms with Gasteiger partial charge >= 0.3 is 5.97 Å². The van der Waals surface area contributed by atoms with E-state index >= 15 is 0 Å². The molecule has 2 aliphatic heterocycles. The van der Waals surface area contributed by atoms with E-state index in [0.29, 0.717) is 45.1 Å². The third-order valence-electron chi connectivity index (χ3n) is 9.40. The van der Waals surface area contributed by atoms with Gasteiger partial charge in [0.15, 0.2) is 5.78 Å². The molecule has 2 aromatic rings. The maximum Gasteiger partial charge on any atom is 0.330 e. The van der Waals surface area contributed by atoms with Crippen LogP contribution in [0.25, 0.3) is 10.9 Å². The Morgan fingerprint density at radius 2 is 1.85 bits per heavy atom. The van der Waals surface area contributed by atoms with Crippen molar-refractivity contribution in [2.75, 3.05) is 20.8 Å². The molecule has 11 heteroatoms. The Balaban J connectivity index is 1.65. The zero-order chi connectivity index (χ0) is 33.2. The van der Waals surface area contributed by atoms with Crippen LogP contribution >= 0.6 is 0 Å². The highest BCUT2D eigenvalue weighted by Gasteiger charge is 2.40. The van der Waals surface area contributed by atoms with Gasteiger partial charge in [0.2, 0.25) is 17.7 Å². The molecular formula is C35H48N4O7. The van der Waals surface area contributed by atoms with Crippen molar-refractivity contribution in [3.63, 3.8) is 0 Å². The van der Waals surface area contributed by atoms with Crippen molar-refractivity contribution in [1.82, 2.24) is 20.3 Å². The molecule has 11 nitrogen and oxygen atoms in total. The third-order valence-corrected chi connectivity index (χ3v) is 9.40. The van der Waals surface area contributed by atoms with Crippen LogP contribution in [-0.4, -0.2) is 78.0 Å². The lowest BCUT2D eigenvalue weighted by Crippen LogP contribution is -2.61. The van der Waals surface area contributed by atoms with Crippen molar-refractivity contribution in [2.45, 2.75) is 96.2 Å². The van der Waals surface area contributed by atoms with Gasteiger partial charge in [-0.3, -0.25) is 19.2 Å². The molecule has 1 aromatic carbocycles. The molecule has 0 bridgehead atoms. The topological polar surface area (TPSA) is 136 Å². The third kappa shape index (κ3) is 8.35.